The maximum Gasteiger partial charge on any atom is 0.337 e. The van der Waals surface area contributed by atoms with Crippen LogP contribution in [-0.4, -0.2) is 90.6 Å². The summed E-state index contributed by atoms with van der Waals surface area (Å²) in [7, 11) is 6.03. The number of H-pyrrole nitrogens is 1. The smallest absolute Gasteiger partial charge is 0.337 e. The van der Waals surface area contributed by atoms with Gasteiger partial charge in [0.2, 0.25) is 5.91 Å². The Morgan fingerprint density at radius 2 is 1.76 bits per heavy atom. The molecule has 9 nitrogen and oxygen atoms in total. The quantitative estimate of drug-likeness (QED) is 0.272. The first-order valence-electron chi connectivity index (χ1n) is 13.7. The number of aryl methyl sites for hydroxylation is 1. The highest BCUT2D eigenvalue weighted by Crippen LogP contribution is 2.40. The van der Waals surface area contributed by atoms with Gasteiger partial charge in [0.1, 0.15) is 5.65 Å². The summed E-state index contributed by atoms with van der Waals surface area (Å²) < 4.78 is 0. The highest BCUT2D eigenvalue weighted by Gasteiger charge is 2.20. The summed E-state index contributed by atoms with van der Waals surface area (Å²) in [6.07, 6.45) is 4.72. The van der Waals surface area contributed by atoms with E-state index in [2.05, 4.69) is 56.4 Å². The number of carboxylic acids is 1. The van der Waals surface area contributed by atoms with Crippen molar-refractivity contribution in [1.82, 2.24) is 19.8 Å². The van der Waals surface area contributed by atoms with Gasteiger partial charge in [-0.15, -0.1) is 0 Å². The first-order valence-corrected chi connectivity index (χ1v) is 13.7. The van der Waals surface area contributed by atoms with Gasteiger partial charge in [-0.05, 0) is 69.0 Å². The van der Waals surface area contributed by atoms with Crippen LogP contribution >= 0.6 is 0 Å². The van der Waals surface area contributed by atoms with Crippen LogP contribution in [0, 0.1) is 6.92 Å². The standard InChI is InChI=1S/C32H36N6O3/c1-21-7-8-23(19-27(21)34-28(39)6-5-13-36(2)3)29-26-18-24(32(40)41)20-33-31(26)35-30(29)22-9-11-25(12-10-22)38-16-14-37(4)15-17-38/h5-12,18-20H,13-17H2,1-4H3,(H,33,35)(H,34,39)(H,40,41)/b6-5+. The molecule has 0 atom stereocenters. The molecule has 1 aliphatic rings. The molecule has 4 aromatic rings. The third kappa shape index (κ3) is 6.32. The predicted octanol–water partition coefficient (Wildman–Crippen LogP) is 4.71. The zero-order valence-electron chi connectivity index (χ0n) is 23.9. The molecule has 0 spiro atoms. The van der Waals surface area contributed by atoms with Crippen molar-refractivity contribution < 1.29 is 14.7 Å². The number of aromatic amines is 1. The lowest BCUT2D eigenvalue weighted by molar-refractivity contribution is -0.111. The van der Waals surface area contributed by atoms with Crippen LogP contribution in [0.2, 0.25) is 0 Å². The van der Waals surface area contributed by atoms with Crippen molar-refractivity contribution >= 4 is 34.3 Å². The summed E-state index contributed by atoms with van der Waals surface area (Å²) in [5, 5.41) is 13.4. The highest BCUT2D eigenvalue weighted by atomic mass is 16.4. The molecule has 3 heterocycles. The number of nitrogens with one attached hydrogen (secondary N) is 2. The van der Waals surface area contributed by atoms with E-state index in [9.17, 15) is 14.7 Å². The van der Waals surface area contributed by atoms with E-state index in [0.29, 0.717) is 23.3 Å². The van der Waals surface area contributed by atoms with Crippen molar-refractivity contribution in [2.75, 3.05) is 64.1 Å². The van der Waals surface area contributed by atoms with Gasteiger partial charge in [-0.1, -0.05) is 30.3 Å². The Bertz CT molecular complexity index is 1600. The first kappa shape index (κ1) is 28.1. The number of nitrogens with zero attached hydrogens (tertiary/aromatic N) is 4. The summed E-state index contributed by atoms with van der Waals surface area (Å²) >= 11 is 0. The molecule has 1 saturated heterocycles. The Morgan fingerprint density at radius 3 is 2.44 bits per heavy atom. The van der Waals surface area contributed by atoms with Crippen molar-refractivity contribution in [1.29, 1.82) is 0 Å². The fraction of sp³-hybridized carbons (Fsp3) is 0.281. The molecule has 1 fully saturated rings. The highest BCUT2D eigenvalue weighted by molar-refractivity contribution is 6.06. The molecule has 9 heteroatoms. The van der Waals surface area contributed by atoms with E-state index in [1.54, 1.807) is 6.07 Å². The minimum absolute atomic E-state index is 0.112. The summed E-state index contributed by atoms with van der Waals surface area (Å²) in [6, 6.07) is 16.0. The molecule has 41 heavy (non-hydrogen) atoms. The SMILES string of the molecule is Cc1ccc(-c2c(-c3ccc(N4CCN(C)CC4)cc3)[nH]c3ncc(C(=O)O)cc23)cc1NC(=O)/C=C/CN(C)C. The van der Waals surface area contributed by atoms with Gasteiger partial charge in [0.05, 0.1) is 11.3 Å². The van der Waals surface area contributed by atoms with Crippen molar-refractivity contribution in [2.45, 2.75) is 6.92 Å². The lowest BCUT2D eigenvalue weighted by Gasteiger charge is -2.34. The number of anilines is 2. The Kier molecular flexibility index (Phi) is 8.19. The number of fused-ring (bicyclic) bond motifs is 1. The zero-order chi connectivity index (χ0) is 29.1. The minimum atomic E-state index is -1.04. The molecule has 3 N–H and O–H groups in total. The molecule has 0 aliphatic carbocycles. The molecule has 1 aliphatic heterocycles. The Morgan fingerprint density at radius 1 is 1.05 bits per heavy atom. The molecule has 2 aromatic carbocycles. The van der Waals surface area contributed by atoms with Crippen LogP contribution in [0.15, 0.2) is 66.9 Å². The number of aromatic nitrogens is 2. The van der Waals surface area contributed by atoms with E-state index < -0.39 is 5.97 Å². The van der Waals surface area contributed by atoms with Gasteiger partial charge < -0.3 is 30.1 Å². The lowest BCUT2D eigenvalue weighted by Crippen LogP contribution is -2.44. The normalized spacial score (nSPS) is 14.3. The molecule has 0 bridgehead atoms. The van der Waals surface area contributed by atoms with Crippen molar-refractivity contribution in [2.24, 2.45) is 0 Å². The first-order chi connectivity index (χ1) is 19.7. The number of hydrogen-bond acceptors (Lipinski definition) is 6. The molecular formula is C32H36N6O3. The number of carbonyl (C=O) groups excluding carboxylic acids is 1. The maximum absolute atomic E-state index is 12.6. The third-order valence-electron chi connectivity index (χ3n) is 7.45. The van der Waals surface area contributed by atoms with Gasteiger partial charge >= 0.3 is 5.97 Å². The molecule has 1 amide bonds. The second kappa shape index (κ2) is 12.0. The Labute approximate surface area is 240 Å². The molecule has 212 valence electrons. The van der Waals surface area contributed by atoms with Crippen LogP contribution in [0.1, 0.15) is 15.9 Å². The van der Waals surface area contributed by atoms with E-state index in [1.807, 2.05) is 50.2 Å². The number of rotatable bonds is 8. The van der Waals surface area contributed by atoms with E-state index in [0.717, 1.165) is 54.1 Å². The van der Waals surface area contributed by atoms with Crippen LogP contribution in [0.3, 0.4) is 0 Å². The van der Waals surface area contributed by atoms with Crippen molar-refractivity contribution in [3.05, 3.63) is 78.0 Å². The van der Waals surface area contributed by atoms with Crippen molar-refractivity contribution in [3.8, 4) is 22.4 Å². The molecule has 0 unspecified atom stereocenters. The Balaban J connectivity index is 1.55. The van der Waals surface area contributed by atoms with E-state index in [1.165, 1.54) is 18.0 Å². The average Bonchev–Trinajstić information content (AvgIpc) is 3.33. The van der Waals surface area contributed by atoms with E-state index >= 15 is 0 Å². The maximum atomic E-state index is 12.6. The van der Waals surface area contributed by atoms with Crippen LogP contribution in [0.5, 0.6) is 0 Å². The summed E-state index contributed by atoms with van der Waals surface area (Å²) in [6.45, 7) is 6.64. The molecular weight excluding hydrogens is 516 g/mol. The number of amides is 1. The number of benzene rings is 2. The molecule has 0 saturated carbocycles. The van der Waals surface area contributed by atoms with Gasteiger partial charge in [0.25, 0.3) is 0 Å². The Hall–Kier alpha value is -4.47. The van der Waals surface area contributed by atoms with Crippen molar-refractivity contribution in [3.63, 3.8) is 0 Å². The number of aromatic carboxylic acids is 1. The molecule has 5 rings (SSSR count). The summed E-state index contributed by atoms with van der Waals surface area (Å²) in [5.41, 5.74) is 6.98. The number of pyridine rings is 1. The van der Waals surface area contributed by atoms with Gasteiger partial charge in [0.15, 0.2) is 0 Å². The van der Waals surface area contributed by atoms with Crippen LogP contribution < -0.4 is 10.2 Å². The van der Waals surface area contributed by atoms with Crippen LogP contribution in [0.4, 0.5) is 11.4 Å². The zero-order valence-corrected chi connectivity index (χ0v) is 23.9. The predicted molar refractivity (Wildman–Crippen MR) is 165 cm³/mol. The monoisotopic (exact) mass is 552 g/mol. The van der Waals surface area contributed by atoms with Crippen LogP contribution in [-0.2, 0) is 4.79 Å². The van der Waals surface area contributed by atoms with Gasteiger partial charge in [-0.2, -0.15) is 0 Å². The number of carboxylic acid groups (broad SMARTS) is 1. The number of carbonyl (C=O) groups is 2. The van der Waals surface area contributed by atoms with E-state index in [-0.39, 0.29) is 11.5 Å². The largest absolute Gasteiger partial charge is 0.478 e. The fourth-order valence-corrected chi connectivity index (χ4v) is 5.06. The lowest BCUT2D eigenvalue weighted by atomic mass is 9.96. The molecule has 0 radical (unpaired) electrons. The third-order valence-corrected chi connectivity index (χ3v) is 7.45. The van der Waals surface area contributed by atoms with Gasteiger partial charge in [0, 0.05) is 67.3 Å². The second-order valence-corrected chi connectivity index (χ2v) is 10.8. The number of piperazine rings is 1. The summed E-state index contributed by atoms with van der Waals surface area (Å²) in [4.78, 5) is 39.0. The second-order valence-electron chi connectivity index (χ2n) is 10.8. The molecule has 2 aromatic heterocycles. The fourth-order valence-electron chi connectivity index (χ4n) is 5.06. The number of hydrogen-bond donors (Lipinski definition) is 3. The summed E-state index contributed by atoms with van der Waals surface area (Å²) in [5.74, 6) is -1.24. The minimum Gasteiger partial charge on any atom is -0.478 e. The number of likely N-dealkylation sites (N-methyl/N-ethyl adjacent to an activating group) is 2. The van der Waals surface area contributed by atoms with Gasteiger partial charge in [-0.3, -0.25) is 4.79 Å². The average molecular weight is 553 g/mol. The topological polar surface area (TPSA) is 105 Å². The van der Waals surface area contributed by atoms with E-state index in [4.69, 9.17) is 0 Å². The van der Waals surface area contributed by atoms with Gasteiger partial charge in [-0.25, -0.2) is 9.78 Å². The van der Waals surface area contributed by atoms with Crippen LogP contribution in [0.25, 0.3) is 33.4 Å².